The largest absolute Gasteiger partial charge is 0.389 e. The fourth-order valence-corrected chi connectivity index (χ4v) is 1.52. The van der Waals surface area contributed by atoms with Crippen LogP contribution in [0.25, 0.3) is 0 Å². The SMILES string of the molecule is CC(C)(C)OCC(O)CNc1c(F)cccc1Cl. The topological polar surface area (TPSA) is 41.5 Å². The Bertz CT molecular complexity index is 373. The van der Waals surface area contributed by atoms with Crippen LogP contribution in [0.1, 0.15) is 20.8 Å². The molecule has 0 amide bonds. The predicted octanol–water partition coefficient (Wildman–Crippen LogP) is 3.07. The normalized spacial score (nSPS) is 13.4. The Morgan fingerprint density at radius 2 is 2.11 bits per heavy atom. The van der Waals surface area contributed by atoms with Gasteiger partial charge in [0.25, 0.3) is 0 Å². The molecule has 1 rings (SSSR count). The van der Waals surface area contributed by atoms with Gasteiger partial charge in [0.15, 0.2) is 0 Å². The number of aliphatic hydroxyl groups is 1. The first-order chi connectivity index (χ1) is 8.29. The minimum absolute atomic E-state index is 0.177. The van der Waals surface area contributed by atoms with Crippen molar-refractivity contribution in [3.8, 4) is 0 Å². The third kappa shape index (κ3) is 5.21. The molecule has 0 saturated heterocycles. The molecule has 0 aromatic heterocycles. The van der Waals surface area contributed by atoms with Gasteiger partial charge in [-0.05, 0) is 32.9 Å². The highest BCUT2D eigenvalue weighted by atomic mass is 35.5. The van der Waals surface area contributed by atoms with Crippen LogP contribution in [0, 0.1) is 5.82 Å². The maximum atomic E-state index is 13.4. The van der Waals surface area contributed by atoms with E-state index in [0.717, 1.165) is 0 Å². The maximum Gasteiger partial charge on any atom is 0.147 e. The number of ether oxygens (including phenoxy) is 1. The molecule has 0 aliphatic rings. The second-order valence-corrected chi connectivity index (χ2v) is 5.46. The minimum atomic E-state index is -0.722. The van der Waals surface area contributed by atoms with E-state index in [0.29, 0.717) is 5.02 Å². The quantitative estimate of drug-likeness (QED) is 0.868. The van der Waals surface area contributed by atoms with E-state index in [2.05, 4.69) is 5.32 Å². The summed E-state index contributed by atoms with van der Waals surface area (Å²) in [5, 5.41) is 12.8. The van der Waals surface area contributed by atoms with Crippen LogP contribution >= 0.6 is 11.6 Å². The molecule has 2 N–H and O–H groups in total. The monoisotopic (exact) mass is 275 g/mol. The summed E-state index contributed by atoms with van der Waals surface area (Å²) >= 11 is 5.85. The zero-order valence-corrected chi connectivity index (χ0v) is 11.6. The van der Waals surface area contributed by atoms with E-state index in [9.17, 15) is 9.50 Å². The zero-order valence-electron chi connectivity index (χ0n) is 10.8. The molecule has 0 aliphatic heterocycles. The van der Waals surface area contributed by atoms with Gasteiger partial charge in [0.2, 0.25) is 0 Å². The summed E-state index contributed by atoms with van der Waals surface area (Å²) in [6.45, 7) is 6.07. The van der Waals surface area contributed by atoms with Gasteiger partial charge in [0.05, 0.1) is 29.0 Å². The lowest BCUT2D eigenvalue weighted by Gasteiger charge is -2.22. The van der Waals surface area contributed by atoms with Gasteiger partial charge in [-0.2, -0.15) is 0 Å². The summed E-state index contributed by atoms with van der Waals surface area (Å²) in [4.78, 5) is 0. The van der Waals surface area contributed by atoms with Crippen LogP contribution in [-0.2, 0) is 4.74 Å². The highest BCUT2D eigenvalue weighted by Crippen LogP contribution is 2.24. The molecule has 1 atom stereocenters. The summed E-state index contributed by atoms with van der Waals surface area (Å²) in [6.07, 6.45) is -0.722. The summed E-state index contributed by atoms with van der Waals surface area (Å²) in [7, 11) is 0. The van der Waals surface area contributed by atoms with Crippen molar-refractivity contribution in [1.82, 2.24) is 0 Å². The second-order valence-electron chi connectivity index (χ2n) is 5.05. The van der Waals surface area contributed by atoms with Crippen LogP contribution in [0.15, 0.2) is 18.2 Å². The second kappa shape index (κ2) is 6.36. The van der Waals surface area contributed by atoms with Gasteiger partial charge in [-0.25, -0.2) is 4.39 Å². The molecule has 18 heavy (non-hydrogen) atoms. The van der Waals surface area contributed by atoms with Crippen molar-refractivity contribution >= 4 is 17.3 Å². The standard InChI is InChI=1S/C13H19ClFNO2/c1-13(2,3)18-8-9(17)7-16-12-10(14)5-4-6-11(12)15/h4-6,9,16-17H,7-8H2,1-3H3. The van der Waals surface area contributed by atoms with Crippen molar-refractivity contribution in [2.75, 3.05) is 18.5 Å². The Morgan fingerprint density at radius 1 is 1.44 bits per heavy atom. The van der Waals surface area contributed by atoms with E-state index in [-0.39, 0.29) is 24.4 Å². The molecule has 0 saturated carbocycles. The lowest BCUT2D eigenvalue weighted by atomic mass is 10.2. The van der Waals surface area contributed by atoms with Crippen molar-refractivity contribution in [3.05, 3.63) is 29.0 Å². The number of para-hydroxylation sites is 1. The van der Waals surface area contributed by atoms with Gasteiger partial charge >= 0.3 is 0 Å². The Kier molecular flexibility index (Phi) is 5.38. The number of nitrogens with one attached hydrogen (secondary N) is 1. The van der Waals surface area contributed by atoms with Gasteiger partial charge < -0.3 is 15.2 Å². The zero-order chi connectivity index (χ0) is 13.8. The molecule has 3 nitrogen and oxygen atoms in total. The summed E-state index contributed by atoms with van der Waals surface area (Å²) in [6, 6.07) is 4.43. The average molecular weight is 276 g/mol. The van der Waals surface area contributed by atoms with E-state index in [1.54, 1.807) is 6.07 Å². The molecule has 0 heterocycles. The molecular weight excluding hydrogens is 257 g/mol. The molecule has 0 radical (unpaired) electrons. The van der Waals surface area contributed by atoms with Crippen LogP contribution in [0.2, 0.25) is 5.02 Å². The molecule has 1 aromatic rings. The maximum absolute atomic E-state index is 13.4. The first-order valence-electron chi connectivity index (χ1n) is 5.79. The minimum Gasteiger partial charge on any atom is -0.389 e. The fraction of sp³-hybridized carbons (Fsp3) is 0.538. The fourth-order valence-electron chi connectivity index (χ4n) is 1.29. The first-order valence-corrected chi connectivity index (χ1v) is 6.17. The lowest BCUT2D eigenvalue weighted by molar-refractivity contribution is -0.0449. The predicted molar refractivity (Wildman–Crippen MR) is 71.6 cm³/mol. The number of benzene rings is 1. The molecule has 102 valence electrons. The Morgan fingerprint density at radius 3 is 2.67 bits per heavy atom. The average Bonchev–Trinajstić information content (AvgIpc) is 2.25. The Labute approximate surface area is 112 Å². The Balaban J connectivity index is 2.45. The number of hydrogen-bond donors (Lipinski definition) is 2. The van der Waals surface area contributed by atoms with Crippen LogP contribution in [-0.4, -0.2) is 30.0 Å². The lowest BCUT2D eigenvalue weighted by Crippen LogP contribution is -2.30. The van der Waals surface area contributed by atoms with Gasteiger partial charge in [-0.1, -0.05) is 17.7 Å². The van der Waals surface area contributed by atoms with Gasteiger partial charge in [0.1, 0.15) is 5.82 Å². The van der Waals surface area contributed by atoms with Crippen molar-refractivity contribution in [1.29, 1.82) is 0 Å². The molecule has 0 aliphatic carbocycles. The van der Waals surface area contributed by atoms with E-state index in [4.69, 9.17) is 16.3 Å². The molecule has 5 heteroatoms. The summed E-state index contributed by atoms with van der Waals surface area (Å²) in [5.41, 5.74) is -0.106. The van der Waals surface area contributed by atoms with E-state index in [1.807, 2.05) is 20.8 Å². The van der Waals surface area contributed by atoms with Crippen LogP contribution in [0.5, 0.6) is 0 Å². The van der Waals surface area contributed by atoms with Crippen molar-refractivity contribution in [3.63, 3.8) is 0 Å². The van der Waals surface area contributed by atoms with Crippen LogP contribution < -0.4 is 5.32 Å². The van der Waals surface area contributed by atoms with E-state index in [1.165, 1.54) is 12.1 Å². The third-order valence-electron chi connectivity index (χ3n) is 2.19. The van der Waals surface area contributed by atoms with Gasteiger partial charge in [0, 0.05) is 6.54 Å². The first kappa shape index (κ1) is 15.2. The smallest absolute Gasteiger partial charge is 0.147 e. The van der Waals surface area contributed by atoms with E-state index >= 15 is 0 Å². The molecule has 1 aromatic carbocycles. The summed E-state index contributed by atoms with van der Waals surface area (Å²) in [5.74, 6) is -0.438. The highest BCUT2D eigenvalue weighted by molar-refractivity contribution is 6.33. The number of aliphatic hydroxyl groups excluding tert-OH is 1. The molecule has 0 fully saturated rings. The molecule has 0 spiro atoms. The number of rotatable bonds is 5. The van der Waals surface area contributed by atoms with Crippen molar-refractivity contribution < 1.29 is 14.2 Å². The van der Waals surface area contributed by atoms with Gasteiger partial charge in [-0.15, -0.1) is 0 Å². The highest BCUT2D eigenvalue weighted by Gasteiger charge is 2.14. The van der Waals surface area contributed by atoms with Crippen LogP contribution in [0.3, 0.4) is 0 Å². The molecular formula is C13H19ClFNO2. The number of anilines is 1. The van der Waals surface area contributed by atoms with Crippen molar-refractivity contribution in [2.24, 2.45) is 0 Å². The summed E-state index contributed by atoms with van der Waals surface area (Å²) < 4.78 is 18.8. The van der Waals surface area contributed by atoms with Crippen LogP contribution in [0.4, 0.5) is 10.1 Å². The number of halogens is 2. The number of hydrogen-bond acceptors (Lipinski definition) is 3. The third-order valence-corrected chi connectivity index (χ3v) is 2.50. The van der Waals surface area contributed by atoms with Crippen molar-refractivity contribution in [2.45, 2.75) is 32.5 Å². The molecule has 1 unspecified atom stereocenters. The Hall–Kier alpha value is -0.840. The van der Waals surface area contributed by atoms with Gasteiger partial charge in [-0.3, -0.25) is 0 Å². The molecule has 0 bridgehead atoms. The van der Waals surface area contributed by atoms with E-state index < -0.39 is 11.9 Å².